The summed E-state index contributed by atoms with van der Waals surface area (Å²) in [4.78, 5) is 8.15. The highest BCUT2D eigenvalue weighted by molar-refractivity contribution is 5.21. The van der Waals surface area contributed by atoms with Crippen LogP contribution in [0.4, 0.5) is 5.95 Å². The van der Waals surface area contributed by atoms with E-state index in [2.05, 4.69) is 16.9 Å². The van der Waals surface area contributed by atoms with Crippen molar-refractivity contribution in [2.45, 2.75) is 33.1 Å². The van der Waals surface area contributed by atoms with Crippen molar-refractivity contribution < 1.29 is 0 Å². The molecule has 66 valence electrons. The third kappa shape index (κ3) is 2.49. The van der Waals surface area contributed by atoms with Gasteiger partial charge in [-0.15, -0.1) is 0 Å². The first-order chi connectivity index (χ1) is 5.72. The molecule has 0 saturated carbocycles. The van der Waals surface area contributed by atoms with E-state index in [9.17, 15) is 0 Å². The molecule has 0 spiro atoms. The third-order valence-corrected chi connectivity index (χ3v) is 1.71. The SMILES string of the molecule is CCCCc1cc(C)nc(N)n1. The lowest BCUT2D eigenvalue weighted by molar-refractivity contribution is 0.773. The first-order valence-corrected chi connectivity index (χ1v) is 4.32. The fraction of sp³-hybridized carbons (Fsp3) is 0.556. The van der Waals surface area contributed by atoms with Crippen molar-refractivity contribution in [1.82, 2.24) is 9.97 Å². The molecule has 3 nitrogen and oxygen atoms in total. The maximum absolute atomic E-state index is 5.51. The molecule has 0 radical (unpaired) electrons. The van der Waals surface area contributed by atoms with Crippen molar-refractivity contribution in [2.24, 2.45) is 0 Å². The predicted molar refractivity (Wildman–Crippen MR) is 49.8 cm³/mol. The van der Waals surface area contributed by atoms with Gasteiger partial charge in [-0.3, -0.25) is 0 Å². The lowest BCUT2D eigenvalue weighted by atomic mass is 10.2. The van der Waals surface area contributed by atoms with Crippen LogP contribution in [0.5, 0.6) is 0 Å². The van der Waals surface area contributed by atoms with E-state index in [1.807, 2.05) is 13.0 Å². The molecule has 0 saturated heterocycles. The molecule has 0 aliphatic carbocycles. The van der Waals surface area contributed by atoms with Crippen LogP contribution in [0.25, 0.3) is 0 Å². The maximum atomic E-state index is 5.51. The minimum Gasteiger partial charge on any atom is -0.368 e. The Bertz CT molecular complexity index is 238. The van der Waals surface area contributed by atoms with E-state index in [4.69, 9.17) is 5.73 Å². The minimum absolute atomic E-state index is 0.390. The molecular weight excluding hydrogens is 150 g/mol. The Labute approximate surface area is 73.0 Å². The summed E-state index contributed by atoms with van der Waals surface area (Å²) >= 11 is 0. The van der Waals surface area contributed by atoms with Crippen LogP contribution in [0.2, 0.25) is 0 Å². The van der Waals surface area contributed by atoms with Crippen molar-refractivity contribution in [3.05, 3.63) is 17.5 Å². The lowest BCUT2D eigenvalue weighted by Crippen LogP contribution is -2.00. The molecular formula is C9H15N3. The second kappa shape index (κ2) is 4.04. The fourth-order valence-corrected chi connectivity index (χ4v) is 1.14. The average Bonchev–Trinajstić information content (AvgIpc) is 1.99. The molecule has 0 aromatic carbocycles. The van der Waals surface area contributed by atoms with Gasteiger partial charge in [-0.25, -0.2) is 9.97 Å². The van der Waals surface area contributed by atoms with Gasteiger partial charge in [-0.05, 0) is 25.8 Å². The van der Waals surface area contributed by atoms with Gasteiger partial charge in [0.25, 0.3) is 0 Å². The average molecular weight is 165 g/mol. The second-order valence-electron chi connectivity index (χ2n) is 2.96. The van der Waals surface area contributed by atoms with Crippen LogP contribution in [0.3, 0.4) is 0 Å². The molecule has 1 aromatic rings. The molecule has 0 atom stereocenters. The highest BCUT2D eigenvalue weighted by Gasteiger charge is 1.97. The monoisotopic (exact) mass is 165 g/mol. The molecule has 1 heterocycles. The molecule has 0 amide bonds. The molecule has 0 fully saturated rings. The van der Waals surface area contributed by atoms with Gasteiger partial charge in [-0.1, -0.05) is 13.3 Å². The summed E-state index contributed by atoms with van der Waals surface area (Å²) in [5.74, 6) is 0.390. The fourth-order valence-electron chi connectivity index (χ4n) is 1.14. The van der Waals surface area contributed by atoms with Crippen LogP contribution in [0.15, 0.2) is 6.07 Å². The van der Waals surface area contributed by atoms with E-state index >= 15 is 0 Å². The number of nitrogen functional groups attached to an aromatic ring is 1. The maximum Gasteiger partial charge on any atom is 0.220 e. The lowest BCUT2D eigenvalue weighted by Gasteiger charge is -2.01. The van der Waals surface area contributed by atoms with Crippen LogP contribution in [0, 0.1) is 6.92 Å². The minimum atomic E-state index is 0.390. The van der Waals surface area contributed by atoms with Crippen molar-refractivity contribution in [2.75, 3.05) is 5.73 Å². The van der Waals surface area contributed by atoms with E-state index in [1.54, 1.807) is 0 Å². The Kier molecular flexibility index (Phi) is 3.02. The summed E-state index contributed by atoms with van der Waals surface area (Å²) in [7, 11) is 0. The van der Waals surface area contributed by atoms with E-state index in [-0.39, 0.29) is 0 Å². The molecule has 0 aliphatic rings. The van der Waals surface area contributed by atoms with E-state index in [0.29, 0.717) is 5.95 Å². The van der Waals surface area contributed by atoms with Gasteiger partial charge in [0.1, 0.15) is 0 Å². The number of aryl methyl sites for hydroxylation is 2. The zero-order chi connectivity index (χ0) is 8.97. The zero-order valence-corrected chi connectivity index (χ0v) is 7.67. The van der Waals surface area contributed by atoms with Gasteiger partial charge in [0, 0.05) is 11.4 Å². The third-order valence-electron chi connectivity index (χ3n) is 1.71. The van der Waals surface area contributed by atoms with Gasteiger partial charge in [0.05, 0.1) is 0 Å². The van der Waals surface area contributed by atoms with Gasteiger partial charge < -0.3 is 5.73 Å². The summed E-state index contributed by atoms with van der Waals surface area (Å²) in [5.41, 5.74) is 7.52. The highest BCUT2D eigenvalue weighted by Crippen LogP contribution is 2.05. The number of nitrogens with zero attached hydrogens (tertiary/aromatic N) is 2. The number of hydrogen-bond donors (Lipinski definition) is 1. The number of aromatic nitrogens is 2. The zero-order valence-electron chi connectivity index (χ0n) is 7.67. The van der Waals surface area contributed by atoms with E-state index in [0.717, 1.165) is 24.2 Å². The molecule has 1 rings (SSSR count). The van der Waals surface area contributed by atoms with E-state index < -0.39 is 0 Å². The number of nitrogens with two attached hydrogens (primary N) is 1. The second-order valence-corrected chi connectivity index (χ2v) is 2.96. The first-order valence-electron chi connectivity index (χ1n) is 4.32. The topological polar surface area (TPSA) is 51.8 Å². The quantitative estimate of drug-likeness (QED) is 0.741. The Balaban J connectivity index is 2.72. The summed E-state index contributed by atoms with van der Waals surface area (Å²) in [6.07, 6.45) is 3.35. The Morgan fingerprint density at radius 1 is 1.42 bits per heavy atom. The molecule has 3 heteroatoms. The van der Waals surface area contributed by atoms with Gasteiger partial charge in [0.15, 0.2) is 0 Å². The number of hydrogen-bond acceptors (Lipinski definition) is 3. The van der Waals surface area contributed by atoms with Gasteiger partial charge in [0.2, 0.25) is 5.95 Å². The summed E-state index contributed by atoms with van der Waals surface area (Å²) in [5, 5.41) is 0. The molecule has 0 aliphatic heterocycles. The van der Waals surface area contributed by atoms with Crippen molar-refractivity contribution in [3.63, 3.8) is 0 Å². The van der Waals surface area contributed by atoms with Crippen molar-refractivity contribution in [1.29, 1.82) is 0 Å². The van der Waals surface area contributed by atoms with Crippen LogP contribution >= 0.6 is 0 Å². The van der Waals surface area contributed by atoms with Crippen LogP contribution < -0.4 is 5.73 Å². The molecule has 1 aromatic heterocycles. The number of unbranched alkanes of at least 4 members (excludes halogenated alkanes) is 1. The number of anilines is 1. The molecule has 0 unspecified atom stereocenters. The predicted octanol–water partition coefficient (Wildman–Crippen LogP) is 1.71. The van der Waals surface area contributed by atoms with Crippen molar-refractivity contribution in [3.8, 4) is 0 Å². The summed E-state index contributed by atoms with van der Waals surface area (Å²) in [6.45, 7) is 4.10. The van der Waals surface area contributed by atoms with Gasteiger partial charge >= 0.3 is 0 Å². The standard InChI is InChI=1S/C9H15N3/c1-3-4-5-8-6-7(2)11-9(10)12-8/h6H,3-5H2,1-2H3,(H2,10,11,12). The largest absolute Gasteiger partial charge is 0.368 e. The smallest absolute Gasteiger partial charge is 0.220 e. The Hall–Kier alpha value is -1.12. The molecule has 12 heavy (non-hydrogen) atoms. The number of rotatable bonds is 3. The van der Waals surface area contributed by atoms with Crippen molar-refractivity contribution >= 4 is 5.95 Å². The summed E-state index contributed by atoms with van der Waals surface area (Å²) < 4.78 is 0. The Morgan fingerprint density at radius 2 is 2.17 bits per heavy atom. The van der Waals surface area contributed by atoms with Crippen LogP contribution in [-0.2, 0) is 6.42 Å². The summed E-state index contributed by atoms with van der Waals surface area (Å²) in [6, 6.07) is 1.99. The van der Waals surface area contributed by atoms with E-state index in [1.165, 1.54) is 6.42 Å². The molecule has 2 N–H and O–H groups in total. The van der Waals surface area contributed by atoms with Crippen LogP contribution in [0.1, 0.15) is 31.2 Å². The normalized spacial score (nSPS) is 10.2. The Morgan fingerprint density at radius 3 is 2.75 bits per heavy atom. The van der Waals surface area contributed by atoms with Gasteiger partial charge in [-0.2, -0.15) is 0 Å². The van der Waals surface area contributed by atoms with Crippen LogP contribution in [-0.4, -0.2) is 9.97 Å². The highest BCUT2D eigenvalue weighted by atomic mass is 15.0. The molecule has 0 bridgehead atoms. The first kappa shape index (κ1) is 8.97.